The Kier molecular flexibility index (Phi) is 4.99. The van der Waals surface area contributed by atoms with Crippen molar-refractivity contribution in [2.75, 3.05) is 19.5 Å². The smallest absolute Gasteiger partial charge is 0.165 e. The van der Waals surface area contributed by atoms with Crippen molar-refractivity contribution >= 4 is 28.9 Å². The van der Waals surface area contributed by atoms with Gasteiger partial charge in [0.1, 0.15) is 0 Å². The van der Waals surface area contributed by atoms with E-state index in [9.17, 15) is 0 Å². The molecule has 0 aliphatic carbocycles. The summed E-state index contributed by atoms with van der Waals surface area (Å²) in [5.74, 6) is 1.41. The molecule has 2 aromatic carbocycles. The van der Waals surface area contributed by atoms with Crippen molar-refractivity contribution < 1.29 is 9.47 Å². The molecule has 0 radical (unpaired) electrons. The largest absolute Gasteiger partial charge is 0.493 e. The van der Waals surface area contributed by atoms with Crippen LogP contribution in [0.3, 0.4) is 0 Å². The molecule has 0 fully saturated rings. The van der Waals surface area contributed by atoms with E-state index in [1.54, 1.807) is 20.3 Å². The van der Waals surface area contributed by atoms with E-state index in [-0.39, 0.29) is 0 Å². The Morgan fingerprint density at radius 1 is 1.00 bits per heavy atom. The van der Waals surface area contributed by atoms with Crippen molar-refractivity contribution in [3.05, 3.63) is 52.0 Å². The number of anilines is 1. The summed E-state index contributed by atoms with van der Waals surface area (Å²) in [7, 11) is 3.23. The molecule has 0 spiro atoms. The number of nitrogens with one attached hydrogen (secondary N) is 1. The minimum Gasteiger partial charge on any atom is -0.493 e. The van der Waals surface area contributed by atoms with E-state index in [2.05, 4.69) is 5.32 Å². The Labute approximate surface area is 128 Å². The lowest BCUT2D eigenvalue weighted by Crippen LogP contribution is -2.03. The third-order valence-corrected chi connectivity index (χ3v) is 3.72. The number of benzene rings is 2. The number of para-hydroxylation sites is 1. The number of rotatable bonds is 5. The fourth-order valence-electron chi connectivity index (χ4n) is 1.92. The van der Waals surface area contributed by atoms with Crippen LogP contribution >= 0.6 is 23.2 Å². The van der Waals surface area contributed by atoms with Crippen LogP contribution < -0.4 is 14.8 Å². The third-order valence-electron chi connectivity index (χ3n) is 2.91. The topological polar surface area (TPSA) is 30.5 Å². The highest BCUT2D eigenvalue weighted by atomic mass is 35.5. The molecule has 0 aromatic heterocycles. The van der Waals surface area contributed by atoms with Crippen molar-refractivity contribution in [1.29, 1.82) is 0 Å². The molecule has 0 heterocycles. The van der Waals surface area contributed by atoms with Crippen LogP contribution in [0.25, 0.3) is 0 Å². The molecule has 0 aliphatic heterocycles. The molecule has 0 saturated carbocycles. The normalized spacial score (nSPS) is 10.2. The maximum Gasteiger partial charge on any atom is 0.165 e. The first-order valence-electron chi connectivity index (χ1n) is 6.05. The lowest BCUT2D eigenvalue weighted by atomic mass is 10.1. The summed E-state index contributed by atoms with van der Waals surface area (Å²) >= 11 is 12.1. The lowest BCUT2D eigenvalue weighted by molar-refractivity contribution is 0.352. The highest BCUT2D eigenvalue weighted by Crippen LogP contribution is 2.33. The quantitative estimate of drug-likeness (QED) is 0.873. The summed E-state index contributed by atoms with van der Waals surface area (Å²) < 4.78 is 10.7. The molecule has 0 unspecified atom stereocenters. The summed E-state index contributed by atoms with van der Waals surface area (Å²) in [5.41, 5.74) is 1.76. The van der Waals surface area contributed by atoms with Gasteiger partial charge in [0.15, 0.2) is 11.5 Å². The van der Waals surface area contributed by atoms with Crippen molar-refractivity contribution in [3.8, 4) is 11.5 Å². The zero-order chi connectivity index (χ0) is 14.5. The number of methoxy groups -OCH3 is 2. The van der Waals surface area contributed by atoms with Crippen LogP contribution in [0.15, 0.2) is 36.4 Å². The van der Waals surface area contributed by atoms with Gasteiger partial charge < -0.3 is 14.8 Å². The molecule has 2 aromatic rings. The van der Waals surface area contributed by atoms with Gasteiger partial charge in [-0.3, -0.25) is 0 Å². The van der Waals surface area contributed by atoms with Gasteiger partial charge >= 0.3 is 0 Å². The number of ether oxygens (including phenoxy) is 2. The molecule has 0 aliphatic rings. The summed E-state index contributed by atoms with van der Waals surface area (Å²) in [5, 5.41) is 4.28. The zero-order valence-corrected chi connectivity index (χ0v) is 12.8. The molecule has 20 heavy (non-hydrogen) atoms. The molecular weight excluding hydrogens is 297 g/mol. The molecule has 0 amide bonds. The average molecular weight is 312 g/mol. The van der Waals surface area contributed by atoms with Gasteiger partial charge in [0.05, 0.1) is 30.0 Å². The Morgan fingerprint density at radius 3 is 2.45 bits per heavy atom. The second kappa shape index (κ2) is 6.73. The average Bonchev–Trinajstić information content (AvgIpc) is 2.48. The van der Waals surface area contributed by atoms with Crippen LogP contribution in [0.5, 0.6) is 11.5 Å². The van der Waals surface area contributed by atoms with Gasteiger partial charge in [-0.1, -0.05) is 41.4 Å². The fourth-order valence-corrected chi connectivity index (χ4v) is 2.29. The summed E-state index contributed by atoms with van der Waals surface area (Å²) in [6.07, 6.45) is 0. The Morgan fingerprint density at radius 2 is 1.75 bits per heavy atom. The van der Waals surface area contributed by atoms with E-state index in [0.29, 0.717) is 28.1 Å². The second-order valence-electron chi connectivity index (χ2n) is 4.11. The lowest BCUT2D eigenvalue weighted by Gasteiger charge is -2.14. The number of hydrogen-bond donors (Lipinski definition) is 1. The zero-order valence-electron chi connectivity index (χ0n) is 11.2. The Balaban J connectivity index is 2.21. The fraction of sp³-hybridized carbons (Fsp3) is 0.200. The monoisotopic (exact) mass is 311 g/mol. The van der Waals surface area contributed by atoms with Crippen molar-refractivity contribution in [2.45, 2.75) is 6.54 Å². The van der Waals surface area contributed by atoms with Crippen LogP contribution in [-0.4, -0.2) is 14.2 Å². The molecule has 0 bridgehead atoms. The van der Waals surface area contributed by atoms with Gasteiger partial charge in [-0.25, -0.2) is 0 Å². The van der Waals surface area contributed by atoms with E-state index >= 15 is 0 Å². The van der Waals surface area contributed by atoms with Crippen LogP contribution in [0.2, 0.25) is 10.0 Å². The summed E-state index contributed by atoms with van der Waals surface area (Å²) in [6, 6.07) is 11.2. The van der Waals surface area contributed by atoms with Crippen LogP contribution in [0, 0.1) is 0 Å². The van der Waals surface area contributed by atoms with Gasteiger partial charge in [-0.15, -0.1) is 0 Å². The third kappa shape index (κ3) is 3.11. The molecule has 106 valence electrons. The molecule has 0 atom stereocenters. The van der Waals surface area contributed by atoms with E-state index < -0.39 is 0 Å². The van der Waals surface area contributed by atoms with Crippen molar-refractivity contribution in [1.82, 2.24) is 0 Å². The second-order valence-corrected chi connectivity index (χ2v) is 4.89. The highest BCUT2D eigenvalue weighted by molar-refractivity contribution is 6.43. The van der Waals surface area contributed by atoms with E-state index in [0.717, 1.165) is 11.3 Å². The van der Waals surface area contributed by atoms with Gasteiger partial charge in [-0.2, -0.15) is 0 Å². The minimum atomic E-state index is 0.510. The van der Waals surface area contributed by atoms with Crippen LogP contribution in [0.1, 0.15) is 5.56 Å². The maximum absolute atomic E-state index is 6.14. The van der Waals surface area contributed by atoms with E-state index in [4.69, 9.17) is 32.7 Å². The van der Waals surface area contributed by atoms with Gasteiger partial charge in [0.2, 0.25) is 0 Å². The van der Waals surface area contributed by atoms with Crippen molar-refractivity contribution in [3.63, 3.8) is 0 Å². The first-order valence-corrected chi connectivity index (χ1v) is 6.80. The highest BCUT2D eigenvalue weighted by Gasteiger charge is 2.10. The first kappa shape index (κ1) is 14.8. The predicted molar refractivity (Wildman–Crippen MR) is 83.3 cm³/mol. The van der Waals surface area contributed by atoms with Crippen LogP contribution in [-0.2, 0) is 6.54 Å². The van der Waals surface area contributed by atoms with E-state index in [1.165, 1.54) is 0 Å². The number of hydrogen-bond acceptors (Lipinski definition) is 3. The van der Waals surface area contributed by atoms with Crippen molar-refractivity contribution in [2.24, 2.45) is 0 Å². The van der Waals surface area contributed by atoms with Crippen LogP contribution in [0.4, 0.5) is 5.69 Å². The van der Waals surface area contributed by atoms with Gasteiger partial charge in [0, 0.05) is 12.1 Å². The Hall–Kier alpha value is -1.58. The SMILES string of the molecule is COc1cccc(CNc2cccc(Cl)c2Cl)c1OC. The molecule has 0 saturated heterocycles. The first-order chi connectivity index (χ1) is 9.67. The molecule has 3 nitrogen and oxygen atoms in total. The van der Waals surface area contributed by atoms with E-state index in [1.807, 2.05) is 30.3 Å². The standard InChI is InChI=1S/C15H15Cl2NO2/c1-19-13-8-3-5-10(15(13)20-2)9-18-12-7-4-6-11(16)14(12)17/h3-8,18H,9H2,1-2H3. The number of halogens is 2. The molecule has 2 rings (SSSR count). The van der Waals surface area contributed by atoms with Gasteiger partial charge in [0.25, 0.3) is 0 Å². The maximum atomic E-state index is 6.14. The summed E-state index contributed by atoms with van der Waals surface area (Å²) in [4.78, 5) is 0. The molecule has 5 heteroatoms. The Bertz CT molecular complexity index is 602. The van der Waals surface area contributed by atoms with Gasteiger partial charge in [-0.05, 0) is 18.2 Å². The summed E-state index contributed by atoms with van der Waals surface area (Å²) in [6.45, 7) is 0.556. The molecular formula is C15H15Cl2NO2. The predicted octanol–water partition coefficient (Wildman–Crippen LogP) is 4.62. The molecule has 1 N–H and O–H groups in total. The minimum absolute atomic E-state index is 0.510.